The molecule has 1 saturated heterocycles. The van der Waals surface area contributed by atoms with Crippen molar-refractivity contribution in [3.05, 3.63) is 30.3 Å². The lowest BCUT2D eigenvalue weighted by Crippen LogP contribution is -2.43. The van der Waals surface area contributed by atoms with Gasteiger partial charge < -0.3 is 16.0 Å². The number of rotatable bonds is 1. The maximum absolute atomic E-state index is 5.96. The number of hydrogen-bond donors (Lipinski definition) is 2. The van der Waals surface area contributed by atoms with Gasteiger partial charge in [-0.15, -0.1) is 0 Å². The average Bonchev–Trinajstić information content (AvgIpc) is 2.40. The number of para-hydroxylation sites is 1. The van der Waals surface area contributed by atoms with Gasteiger partial charge in [0.1, 0.15) is 5.82 Å². The Morgan fingerprint density at radius 3 is 2.76 bits per heavy atom. The minimum Gasteiger partial charge on any atom is -0.397 e. The molecular weight excluding hydrogens is 212 g/mol. The topological polar surface area (TPSA) is 54.2 Å². The van der Waals surface area contributed by atoms with E-state index in [2.05, 4.69) is 27.3 Å². The zero-order chi connectivity index (χ0) is 11.7. The molecule has 2 aromatic rings. The van der Waals surface area contributed by atoms with Gasteiger partial charge in [0, 0.05) is 31.6 Å². The number of anilines is 2. The van der Waals surface area contributed by atoms with Crippen LogP contribution in [0.15, 0.2) is 30.3 Å². The van der Waals surface area contributed by atoms with Gasteiger partial charge in [-0.1, -0.05) is 12.1 Å². The Kier molecular flexibility index (Phi) is 2.57. The maximum Gasteiger partial charge on any atom is 0.129 e. The van der Waals surface area contributed by atoms with Crippen LogP contribution in [0.25, 0.3) is 10.9 Å². The van der Waals surface area contributed by atoms with Crippen LogP contribution in [-0.2, 0) is 0 Å². The van der Waals surface area contributed by atoms with Gasteiger partial charge in [0.2, 0.25) is 0 Å². The van der Waals surface area contributed by atoms with E-state index < -0.39 is 0 Å². The lowest BCUT2D eigenvalue weighted by molar-refractivity contribution is 0.585. The monoisotopic (exact) mass is 228 g/mol. The van der Waals surface area contributed by atoms with Crippen LogP contribution in [0, 0.1) is 0 Å². The highest BCUT2D eigenvalue weighted by Gasteiger charge is 2.12. The molecule has 1 aromatic carbocycles. The van der Waals surface area contributed by atoms with Crippen molar-refractivity contribution in [3.8, 4) is 0 Å². The average molecular weight is 228 g/mol. The number of pyridine rings is 1. The SMILES string of the molecule is Nc1cccc2ccc(N3CCNCC3)nc12. The highest BCUT2D eigenvalue weighted by molar-refractivity contribution is 5.90. The van der Waals surface area contributed by atoms with Gasteiger partial charge >= 0.3 is 0 Å². The van der Waals surface area contributed by atoms with E-state index in [-0.39, 0.29) is 0 Å². The maximum atomic E-state index is 5.96. The number of nitrogens with two attached hydrogens (primary N) is 1. The molecule has 1 aliphatic rings. The number of hydrogen-bond acceptors (Lipinski definition) is 4. The molecule has 2 heterocycles. The Morgan fingerprint density at radius 1 is 1.12 bits per heavy atom. The molecule has 88 valence electrons. The molecular formula is C13H16N4. The van der Waals surface area contributed by atoms with Gasteiger partial charge in [-0.05, 0) is 18.2 Å². The molecule has 0 radical (unpaired) electrons. The van der Waals surface area contributed by atoms with Gasteiger partial charge in [0.15, 0.2) is 0 Å². The Morgan fingerprint density at radius 2 is 1.94 bits per heavy atom. The van der Waals surface area contributed by atoms with Gasteiger partial charge in [0.05, 0.1) is 11.2 Å². The summed E-state index contributed by atoms with van der Waals surface area (Å²) in [5.74, 6) is 1.02. The van der Waals surface area contributed by atoms with Gasteiger partial charge in [-0.3, -0.25) is 0 Å². The van der Waals surface area contributed by atoms with Crippen LogP contribution < -0.4 is 16.0 Å². The first-order valence-corrected chi connectivity index (χ1v) is 5.95. The quantitative estimate of drug-likeness (QED) is 0.721. The first kappa shape index (κ1) is 10.4. The number of nitrogens with one attached hydrogen (secondary N) is 1. The van der Waals surface area contributed by atoms with E-state index in [1.54, 1.807) is 0 Å². The number of benzene rings is 1. The molecule has 0 spiro atoms. The first-order chi connectivity index (χ1) is 8.34. The Labute approximate surface area is 100 Å². The summed E-state index contributed by atoms with van der Waals surface area (Å²) >= 11 is 0. The molecule has 17 heavy (non-hydrogen) atoms. The predicted octanol–water partition coefficient (Wildman–Crippen LogP) is 1.23. The van der Waals surface area contributed by atoms with Crippen molar-refractivity contribution in [1.82, 2.24) is 10.3 Å². The fourth-order valence-corrected chi connectivity index (χ4v) is 2.23. The van der Waals surface area contributed by atoms with Gasteiger partial charge in [-0.2, -0.15) is 0 Å². The summed E-state index contributed by atoms with van der Waals surface area (Å²) in [6, 6.07) is 10.1. The molecule has 0 atom stereocenters. The molecule has 0 bridgehead atoms. The van der Waals surface area contributed by atoms with Crippen LogP contribution >= 0.6 is 0 Å². The zero-order valence-corrected chi connectivity index (χ0v) is 9.69. The fourth-order valence-electron chi connectivity index (χ4n) is 2.23. The highest BCUT2D eigenvalue weighted by atomic mass is 15.2. The van der Waals surface area contributed by atoms with Crippen molar-refractivity contribution in [2.24, 2.45) is 0 Å². The number of aromatic nitrogens is 1. The Balaban J connectivity index is 2.03. The van der Waals surface area contributed by atoms with E-state index in [1.165, 1.54) is 0 Å². The molecule has 0 aliphatic carbocycles. The number of piperazine rings is 1. The van der Waals surface area contributed by atoms with Crippen LogP contribution in [0.1, 0.15) is 0 Å². The third-order valence-corrected chi connectivity index (χ3v) is 3.18. The van der Waals surface area contributed by atoms with Crippen LogP contribution in [0.4, 0.5) is 11.5 Å². The lowest BCUT2D eigenvalue weighted by atomic mass is 10.2. The standard InChI is InChI=1S/C13H16N4/c14-11-3-1-2-10-4-5-12(16-13(10)11)17-8-6-15-7-9-17/h1-5,15H,6-9,14H2. The molecule has 3 N–H and O–H groups in total. The van der Waals surface area contributed by atoms with Crippen LogP contribution in [0.2, 0.25) is 0 Å². The minimum atomic E-state index is 0.750. The number of fused-ring (bicyclic) bond motifs is 1. The van der Waals surface area contributed by atoms with E-state index >= 15 is 0 Å². The normalized spacial score (nSPS) is 16.4. The summed E-state index contributed by atoms with van der Waals surface area (Å²) in [5, 5.41) is 4.44. The van der Waals surface area contributed by atoms with E-state index in [4.69, 9.17) is 5.73 Å². The summed E-state index contributed by atoms with van der Waals surface area (Å²) in [6.07, 6.45) is 0. The van der Waals surface area contributed by atoms with Crippen molar-refractivity contribution in [2.45, 2.75) is 0 Å². The molecule has 4 nitrogen and oxygen atoms in total. The Bertz CT molecular complexity index is 532. The molecule has 1 aromatic heterocycles. The van der Waals surface area contributed by atoms with Crippen molar-refractivity contribution in [2.75, 3.05) is 36.8 Å². The smallest absolute Gasteiger partial charge is 0.129 e. The van der Waals surface area contributed by atoms with Crippen LogP contribution in [0.5, 0.6) is 0 Å². The lowest BCUT2D eigenvalue weighted by Gasteiger charge is -2.28. The van der Waals surface area contributed by atoms with Crippen molar-refractivity contribution in [1.29, 1.82) is 0 Å². The van der Waals surface area contributed by atoms with Crippen molar-refractivity contribution in [3.63, 3.8) is 0 Å². The van der Waals surface area contributed by atoms with Crippen LogP contribution in [0.3, 0.4) is 0 Å². The van der Waals surface area contributed by atoms with E-state index in [0.717, 1.165) is 48.6 Å². The summed E-state index contributed by atoms with van der Waals surface area (Å²) in [7, 11) is 0. The third kappa shape index (κ3) is 1.91. The van der Waals surface area contributed by atoms with E-state index in [1.807, 2.05) is 18.2 Å². The van der Waals surface area contributed by atoms with E-state index in [9.17, 15) is 0 Å². The molecule has 1 aliphatic heterocycles. The molecule has 3 rings (SSSR count). The summed E-state index contributed by atoms with van der Waals surface area (Å²) in [4.78, 5) is 6.97. The first-order valence-electron chi connectivity index (χ1n) is 5.95. The fraction of sp³-hybridized carbons (Fsp3) is 0.308. The zero-order valence-electron chi connectivity index (χ0n) is 9.69. The molecule has 0 amide bonds. The van der Waals surface area contributed by atoms with Crippen molar-refractivity contribution >= 4 is 22.4 Å². The van der Waals surface area contributed by atoms with Gasteiger partial charge in [0.25, 0.3) is 0 Å². The molecule has 4 heteroatoms. The minimum absolute atomic E-state index is 0.750. The predicted molar refractivity (Wildman–Crippen MR) is 71.2 cm³/mol. The number of nitrogen functional groups attached to an aromatic ring is 1. The van der Waals surface area contributed by atoms with Crippen LogP contribution in [-0.4, -0.2) is 31.2 Å². The van der Waals surface area contributed by atoms with Crippen molar-refractivity contribution < 1.29 is 0 Å². The second-order valence-corrected chi connectivity index (χ2v) is 4.33. The summed E-state index contributed by atoms with van der Waals surface area (Å²) in [6.45, 7) is 4.05. The number of nitrogens with zero attached hydrogens (tertiary/aromatic N) is 2. The largest absolute Gasteiger partial charge is 0.397 e. The molecule has 0 unspecified atom stereocenters. The molecule has 0 saturated carbocycles. The second kappa shape index (κ2) is 4.22. The van der Waals surface area contributed by atoms with E-state index in [0.29, 0.717) is 0 Å². The molecule has 1 fully saturated rings. The summed E-state index contributed by atoms with van der Waals surface area (Å²) < 4.78 is 0. The van der Waals surface area contributed by atoms with Gasteiger partial charge in [-0.25, -0.2) is 4.98 Å². The third-order valence-electron chi connectivity index (χ3n) is 3.18. The Hall–Kier alpha value is -1.81. The second-order valence-electron chi connectivity index (χ2n) is 4.33. The highest BCUT2D eigenvalue weighted by Crippen LogP contribution is 2.22. The summed E-state index contributed by atoms with van der Waals surface area (Å²) in [5.41, 5.74) is 7.62.